The molecule has 1 aromatic carbocycles. The third-order valence-electron chi connectivity index (χ3n) is 2.21. The molecule has 92 valence electrons. The molecule has 1 unspecified atom stereocenters. The number of carbonyl (C=O) groups excluding carboxylic acids is 1. The van der Waals surface area contributed by atoms with Crippen LogP contribution in [0.1, 0.15) is 17.2 Å². The molecular weight excluding hydrogens is 238 g/mol. The Labute approximate surface area is 104 Å². The number of hydrogen-bond acceptors (Lipinski definition) is 3. The van der Waals surface area contributed by atoms with E-state index in [0.717, 1.165) is 5.56 Å². The lowest BCUT2D eigenvalue weighted by atomic mass is 10.1. The topological polar surface area (TPSA) is 66.4 Å². The summed E-state index contributed by atoms with van der Waals surface area (Å²) in [6.07, 6.45) is 1.80. The number of rotatable bonds is 6. The van der Waals surface area contributed by atoms with Crippen molar-refractivity contribution in [3.63, 3.8) is 0 Å². The van der Waals surface area contributed by atoms with E-state index in [1.807, 2.05) is 36.6 Å². The van der Waals surface area contributed by atoms with Gasteiger partial charge in [0.25, 0.3) is 0 Å². The van der Waals surface area contributed by atoms with E-state index in [2.05, 4.69) is 5.32 Å². The number of carboxylic acid groups (broad SMARTS) is 1. The summed E-state index contributed by atoms with van der Waals surface area (Å²) in [4.78, 5) is 22.2. The van der Waals surface area contributed by atoms with Crippen LogP contribution < -0.4 is 5.32 Å². The molecule has 0 spiro atoms. The monoisotopic (exact) mass is 253 g/mol. The quantitative estimate of drug-likeness (QED) is 0.809. The summed E-state index contributed by atoms with van der Waals surface area (Å²) in [6, 6.07) is 9.42. The Balaban J connectivity index is 2.56. The van der Waals surface area contributed by atoms with E-state index in [1.54, 1.807) is 0 Å². The van der Waals surface area contributed by atoms with Crippen LogP contribution in [0.2, 0.25) is 0 Å². The first-order chi connectivity index (χ1) is 8.15. The van der Waals surface area contributed by atoms with Crippen LogP contribution in [0.15, 0.2) is 30.3 Å². The van der Waals surface area contributed by atoms with Crippen LogP contribution in [0, 0.1) is 0 Å². The van der Waals surface area contributed by atoms with Gasteiger partial charge in [-0.2, -0.15) is 0 Å². The van der Waals surface area contributed by atoms with Gasteiger partial charge >= 0.3 is 5.97 Å². The van der Waals surface area contributed by atoms with Crippen molar-refractivity contribution in [2.75, 3.05) is 12.8 Å². The van der Waals surface area contributed by atoms with Crippen molar-refractivity contribution in [1.82, 2.24) is 5.32 Å². The molecule has 0 heterocycles. The first kappa shape index (κ1) is 13.6. The van der Waals surface area contributed by atoms with Crippen molar-refractivity contribution in [2.45, 2.75) is 11.7 Å². The van der Waals surface area contributed by atoms with Crippen molar-refractivity contribution >= 4 is 23.6 Å². The molecule has 17 heavy (non-hydrogen) atoms. The second-order valence-corrected chi connectivity index (χ2v) is 4.40. The van der Waals surface area contributed by atoms with Gasteiger partial charge in [0.2, 0.25) is 5.91 Å². The fourth-order valence-electron chi connectivity index (χ4n) is 1.41. The summed E-state index contributed by atoms with van der Waals surface area (Å²) in [5.41, 5.74) is 0.924. The van der Waals surface area contributed by atoms with Gasteiger partial charge in [-0.05, 0) is 11.8 Å². The Morgan fingerprint density at radius 2 is 2.00 bits per heavy atom. The third kappa shape index (κ3) is 4.48. The Hall–Kier alpha value is -1.49. The van der Waals surface area contributed by atoms with E-state index in [1.165, 1.54) is 11.8 Å². The minimum atomic E-state index is -0.911. The van der Waals surface area contributed by atoms with Crippen molar-refractivity contribution in [3.05, 3.63) is 35.9 Å². The molecular formula is C12H15NO3S. The molecule has 0 aliphatic carbocycles. The van der Waals surface area contributed by atoms with Crippen molar-refractivity contribution in [2.24, 2.45) is 0 Å². The van der Waals surface area contributed by atoms with E-state index < -0.39 is 5.97 Å². The number of aliphatic carboxylic acids is 1. The highest BCUT2D eigenvalue weighted by molar-refractivity contribution is 7.99. The molecule has 0 bridgehead atoms. The molecule has 1 rings (SSSR count). The van der Waals surface area contributed by atoms with E-state index in [-0.39, 0.29) is 24.1 Å². The second-order valence-electron chi connectivity index (χ2n) is 3.46. The van der Waals surface area contributed by atoms with E-state index in [9.17, 15) is 9.59 Å². The van der Waals surface area contributed by atoms with Gasteiger partial charge in [-0.3, -0.25) is 9.59 Å². The number of nitrogens with one attached hydrogen (secondary N) is 1. The molecule has 1 aromatic rings. The molecule has 0 aliphatic heterocycles. The maximum Gasteiger partial charge on any atom is 0.305 e. The van der Waals surface area contributed by atoms with E-state index in [0.29, 0.717) is 0 Å². The number of amides is 1. The Morgan fingerprint density at radius 3 is 2.53 bits per heavy atom. The molecule has 0 fully saturated rings. The lowest BCUT2D eigenvalue weighted by Gasteiger charge is -2.14. The standard InChI is InChI=1S/C12H15NO3S/c1-17-11(9-5-3-2-4-6-9)12(16)13-8-7-10(14)15/h2-6,11H,7-8H2,1H3,(H,13,16)(H,14,15). The minimum Gasteiger partial charge on any atom is -0.481 e. The van der Waals surface area contributed by atoms with Crippen molar-refractivity contribution in [3.8, 4) is 0 Å². The van der Waals surface area contributed by atoms with Gasteiger partial charge < -0.3 is 10.4 Å². The zero-order chi connectivity index (χ0) is 12.7. The average Bonchev–Trinajstić information content (AvgIpc) is 2.31. The van der Waals surface area contributed by atoms with Crippen molar-refractivity contribution in [1.29, 1.82) is 0 Å². The Morgan fingerprint density at radius 1 is 1.35 bits per heavy atom. The summed E-state index contributed by atoms with van der Waals surface area (Å²) < 4.78 is 0. The summed E-state index contributed by atoms with van der Waals surface area (Å²) in [7, 11) is 0. The maximum atomic E-state index is 11.8. The van der Waals surface area contributed by atoms with Crippen LogP contribution in [0.4, 0.5) is 0 Å². The molecule has 2 N–H and O–H groups in total. The normalized spacial score (nSPS) is 11.8. The average molecular weight is 253 g/mol. The molecule has 0 radical (unpaired) electrons. The van der Waals surface area contributed by atoms with Crippen LogP contribution in [0.3, 0.4) is 0 Å². The number of carbonyl (C=O) groups is 2. The lowest BCUT2D eigenvalue weighted by molar-refractivity contribution is -0.136. The largest absolute Gasteiger partial charge is 0.481 e. The first-order valence-electron chi connectivity index (χ1n) is 5.22. The highest BCUT2D eigenvalue weighted by atomic mass is 32.2. The smallest absolute Gasteiger partial charge is 0.305 e. The number of carboxylic acids is 1. The highest BCUT2D eigenvalue weighted by Crippen LogP contribution is 2.26. The Bertz CT molecular complexity index is 381. The lowest BCUT2D eigenvalue weighted by Crippen LogP contribution is -2.29. The number of benzene rings is 1. The SMILES string of the molecule is CSC(C(=O)NCCC(=O)O)c1ccccc1. The van der Waals surface area contributed by atoms with Gasteiger partial charge in [-0.1, -0.05) is 30.3 Å². The van der Waals surface area contributed by atoms with Crippen LogP contribution in [0.5, 0.6) is 0 Å². The van der Waals surface area contributed by atoms with Crippen molar-refractivity contribution < 1.29 is 14.7 Å². The number of hydrogen-bond donors (Lipinski definition) is 2. The molecule has 0 aliphatic rings. The molecule has 0 saturated carbocycles. The first-order valence-corrected chi connectivity index (χ1v) is 6.51. The molecule has 0 saturated heterocycles. The van der Waals surface area contributed by atoms with Gasteiger partial charge in [0.15, 0.2) is 0 Å². The van der Waals surface area contributed by atoms with Gasteiger partial charge in [0, 0.05) is 6.54 Å². The molecule has 1 amide bonds. The summed E-state index contributed by atoms with van der Waals surface area (Å²) >= 11 is 1.43. The maximum absolute atomic E-state index is 11.8. The molecule has 4 nitrogen and oxygen atoms in total. The molecule has 5 heteroatoms. The zero-order valence-electron chi connectivity index (χ0n) is 9.55. The fourth-order valence-corrected chi connectivity index (χ4v) is 2.13. The second kappa shape index (κ2) is 6.96. The highest BCUT2D eigenvalue weighted by Gasteiger charge is 2.18. The van der Waals surface area contributed by atoms with Gasteiger partial charge in [0.1, 0.15) is 5.25 Å². The summed E-state index contributed by atoms with van der Waals surface area (Å²) in [6.45, 7) is 0.165. The predicted octanol–water partition coefficient (Wildman–Crippen LogP) is 1.68. The van der Waals surface area contributed by atoms with Crippen LogP contribution in [0.25, 0.3) is 0 Å². The van der Waals surface area contributed by atoms with Crippen LogP contribution in [-0.2, 0) is 9.59 Å². The summed E-state index contributed by atoms with van der Waals surface area (Å²) in [5.74, 6) is -1.06. The minimum absolute atomic E-state index is 0.0539. The third-order valence-corrected chi connectivity index (χ3v) is 3.17. The van der Waals surface area contributed by atoms with Crippen LogP contribution in [-0.4, -0.2) is 29.8 Å². The summed E-state index contributed by atoms with van der Waals surface area (Å²) in [5, 5.41) is 10.8. The molecule has 1 atom stereocenters. The predicted molar refractivity (Wildman–Crippen MR) is 68.0 cm³/mol. The fraction of sp³-hybridized carbons (Fsp3) is 0.333. The Kier molecular flexibility index (Phi) is 5.56. The van der Waals surface area contributed by atoms with E-state index in [4.69, 9.17) is 5.11 Å². The van der Waals surface area contributed by atoms with Crippen LogP contribution >= 0.6 is 11.8 Å². The number of thioether (sulfide) groups is 1. The van der Waals surface area contributed by atoms with Gasteiger partial charge in [0.05, 0.1) is 6.42 Å². The van der Waals surface area contributed by atoms with E-state index >= 15 is 0 Å². The molecule has 0 aromatic heterocycles. The zero-order valence-corrected chi connectivity index (χ0v) is 10.4. The van der Waals surface area contributed by atoms with Gasteiger partial charge in [-0.25, -0.2) is 0 Å². The van der Waals surface area contributed by atoms with Gasteiger partial charge in [-0.15, -0.1) is 11.8 Å².